The molecular formula is C22H27N7. The predicted octanol–water partition coefficient (Wildman–Crippen LogP) is 3.77. The van der Waals surface area contributed by atoms with E-state index in [1.165, 1.54) is 11.1 Å². The van der Waals surface area contributed by atoms with Crippen molar-refractivity contribution in [3.8, 4) is 0 Å². The number of benzene rings is 1. The monoisotopic (exact) mass is 389 g/mol. The number of nitrogens with one attached hydrogen (secondary N) is 1. The maximum Gasteiger partial charge on any atom is 0.229 e. The third-order valence-corrected chi connectivity index (χ3v) is 5.24. The zero-order valence-electron chi connectivity index (χ0n) is 17.2. The molecule has 0 aliphatic carbocycles. The molecule has 1 N–H and O–H groups in total. The van der Waals surface area contributed by atoms with E-state index in [0.29, 0.717) is 11.9 Å². The van der Waals surface area contributed by atoms with Crippen LogP contribution in [0, 0.1) is 6.92 Å². The van der Waals surface area contributed by atoms with Crippen LogP contribution in [0.4, 0.5) is 23.4 Å². The summed E-state index contributed by atoms with van der Waals surface area (Å²) in [5, 5.41) is 3.46. The standard InChI is InChI=1S/C22H27N7/c1-16(2)18-7-4-6-17(3)20(18)27-21-23-11-8-19(26-21)28-12-14-29(15-13-28)22-24-9-5-10-25-22/h4-11,16H,12-15H2,1-3H3,(H,23,26,27). The Labute approximate surface area is 171 Å². The lowest BCUT2D eigenvalue weighted by molar-refractivity contribution is 0.634. The van der Waals surface area contributed by atoms with Crippen molar-refractivity contribution in [3.63, 3.8) is 0 Å². The van der Waals surface area contributed by atoms with Crippen LogP contribution in [0.15, 0.2) is 48.9 Å². The fraction of sp³-hybridized carbons (Fsp3) is 0.364. The van der Waals surface area contributed by atoms with Crippen molar-refractivity contribution >= 4 is 23.4 Å². The van der Waals surface area contributed by atoms with Crippen LogP contribution < -0.4 is 15.1 Å². The molecule has 0 atom stereocenters. The number of aryl methyl sites for hydroxylation is 1. The van der Waals surface area contributed by atoms with Gasteiger partial charge in [-0.25, -0.2) is 15.0 Å². The van der Waals surface area contributed by atoms with Crippen molar-refractivity contribution in [3.05, 3.63) is 60.0 Å². The molecule has 1 fully saturated rings. The highest BCUT2D eigenvalue weighted by molar-refractivity contribution is 5.64. The third-order valence-electron chi connectivity index (χ3n) is 5.24. The second-order valence-electron chi connectivity index (χ2n) is 7.58. The largest absolute Gasteiger partial charge is 0.353 e. The molecule has 0 unspecified atom stereocenters. The molecule has 3 aromatic rings. The number of rotatable bonds is 5. The predicted molar refractivity (Wildman–Crippen MR) is 117 cm³/mol. The molecule has 1 aliphatic heterocycles. The molecule has 1 saturated heterocycles. The molecule has 0 spiro atoms. The second-order valence-corrected chi connectivity index (χ2v) is 7.58. The van der Waals surface area contributed by atoms with Crippen LogP contribution in [0.5, 0.6) is 0 Å². The summed E-state index contributed by atoms with van der Waals surface area (Å²) in [6.07, 6.45) is 5.40. The molecule has 1 aromatic carbocycles. The van der Waals surface area contributed by atoms with Crippen molar-refractivity contribution in [1.82, 2.24) is 19.9 Å². The van der Waals surface area contributed by atoms with E-state index in [2.05, 4.69) is 69.0 Å². The van der Waals surface area contributed by atoms with Gasteiger partial charge in [-0.2, -0.15) is 4.98 Å². The quantitative estimate of drug-likeness (QED) is 0.712. The van der Waals surface area contributed by atoms with E-state index in [4.69, 9.17) is 4.98 Å². The molecule has 0 radical (unpaired) electrons. The van der Waals surface area contributed by atoms with E-state index in [1.807, 2.05) is 18.3 Å². The first-order valence-corrected chi connectivity index (χ1v) is 10.1. The zero-order chi connectivity index (χ0) is 20.2. The maximum atomic E-state index is 4.78. The smallest absolute Gasteiger partial charge is 0.229 e. The van der Waals surface area contributed by atoms with Crippen molar-refractivity contribution in [2.24, 2.45) is 0 Å². The summed E-state index contributed by atoms with van der Waals surface area (Å²) in [6.45, 7) is 9.99. The fourth-order valence-corrected chi connectivity index (χ4v) is 3.63. The highest BCUT2D eigenvalue weighted by Gasteiger charge is 2.20. The minimum absolute atomic E-state index is 0.425. The Kier molecular flexibility index (Phi) is 5.55. The Bertz CT molecular complexity index is 950. The molecule has 0 saturated carbocycles. The Balaban J connectivity index is 1.48. The first kappa shape index (κ1) is 19.1. The molecule has 7 heteroatoms. The van der Waals surface area contributed by atoms with Crippen LogP contribution in [0.2, 0.25) is 0 Å². The number of anilines is 4. The summed E-state index contributed by atoms with van der Waals surface area (Å²) in [7, 11) is 0. The minimum atomic E-state index is 0.425. The number of para-hydroxylation sites is 1. The van der Waals surface area contributed by atoms with E-state index in [-0.39, 0.29) is 0 Å². The van der Waals surface area contributed by atoms with Crippen LogP contribution in [-0.2, 0) is 0 Å². The van der Waals surface area contributed by atoms with Gasteiger partial charge in [0.1, 0.15) is 5.82 Å². The van der Waals surface area contributed by atoms with Gasteiger partial charge in [0.2, 0.25) is 11.9 Å². The van der Waals surface area contributed by atoms with E-state index < -0.39 is 0 Å². The van der Waals surface area contributed by atoms with Gasteiger partial charge in [-0.15, -0.1) is 0 Å². The highest BCUT2D eigenvalue weighted by Crippen LogP contribution is 2.29. The van der Waals surface area contributed by atoms with Crippen molar-refractivity contribution < 1.29 is 0 Å². The Morgan fingerprint density at radius 3 is 2.31 bits per heavy atom. The fourth-order valence-electron chi connectivity index (χ4n) is 3.63. The van der Waals surface area contributed by atoms with Crippen molar-refractivity contribution in [2.75, 3.05) is 41.3 Å². The molecule has 2 aromatic heterocycles. The molecule has 150 valence electrons. The van der Waals surface area contributed by atoms with Gasteiger partial charge in [-0.3, -0.25) is 0 Å². The average Bonchev–Trinajstić information content (AvgIpc) is 2.76. The summed E-state index contributed by atoms with van der Waals surface area (Å²) in [5.74, 6) is 2.79. The number of hydrogen-bond acceptors (Lipinski definition) is 7. The Hall–Kier alpha value is -3.22. The molecule has 7 nitrogen and oxygen atoms in total. The lowest BCUT2D eigenvalue weighted by Crippen LogP contribution is -2.47. The van der Waals surface area contributed by atoms with Crippen LogP contribution >= 0.6 is 0 Å². The van der Waals surface area contributed by atoms with E-state index in [1.54, 1.807) is 12.4 Å². The van der Waals surface area contributed by atoms with Crippen LogP contribution in [0.3, 0.4) is 0 Å². The summed E-state index contributed by atoms with van der Waals surface area (Å²) in [4.78, 5) is 22.4. The number of piperazine rings is 1. The first-order chi connectivity index (χ1) is 14.1. The summed E-state index contributed by atoms with van der Waals surface area (Å²) in [5.41, 5.74) is 3.57. The van der Waals surface area contributed by atoms with Gasteiger partial charge < -0.3 is 15.1 Å². The van der Waals surface area contributed by atoms with E-state index in [9.17, 15) is 0 Å². The lowest BCUT2D eigenvalue weighted by Gasteiger charge is -2.35. The van der Waals surface area contributed by atoms with Gasteiger partial charge in [0, 0.05) is 50.5 Å². The van der Waals surface area contributed by atoms with Crippen LogP contribution in [-0.4, -0.2) is 46.1 Å². The van der Waals surface area contributed by atoms with Gasteiger partial charge in [-0.1, -0.05) is 32.0 Å². The normalized spacial score (nSPS) is 14.3. The van der Waals surface area contributed by atoms with Gasteiger partial charge in [0.05, 0.1) is 0 Å². The summed E-state index contributed by atoms with van der Waals surface area (Å²) < 4.78 is 0. The Morgan fingerprint density at radius 1 is 0.862 bits per heavy atom. The van der Waals surface area contributed by atoms with Gasteiger partial charge in [0.25, 0.3) is 0 Å². The SMILES string of the molecule is Cc1cccc(C(C)C)c1Nc1nccc(N2CCN(c3ncccn3)CC2)n1. The van der Waals surface area contributed by atoms with E-state index >= 15 is 0 Å². The second kappa shape index (κ2) is 8.43. The summed E-state index contributed by atoms with van der Waals surface area (Å²) in [6, 6.07) is 10.2. The molecule has 0 amide bonds. The van der Waals surface area contributed by atoms with Gasteiger partial charge in [0.15, 0.2) is 0 Å². The third kappa shape index (κ3) is 4.29. The molecule has 1 aliphatic rings. The minimum Gasteiger partial charge on any atom is -0.353 e. The number of aromatic nitrogens is 4. The van der Waals surface area contributed by atoms with Crippen molar-refractivity contribution in [2.45, 2.75) is 26.7 Å². The van der Waals surface area contributed by atoms with Crippen molar-refractivity contribution in [1.29, 1.82) is 0 Å². The van der Waals surface area contributed by atoms with Crippen LogP contribution in [0.1, 0.15) is 30.9 Å². The number of hydrogen-bond donors (Lipinski definition) is 1. The molecule has 0 bridgehead atoms. The molecule has 29 heavy (non-hydrogen) atoms. The lowest BCUT2D eigenvalue weighted by atomic mass is 9.98. The molecule has 4 rings (SSSR count). The van der Waals surface area contributed by atoms with Gasteiger partial charge >= 0.3 is 0 Å². The average molecular weight is 390 g/mol. The van der Waals surface area contributed by atoms with Crippen LogP contribution in [0.25, 0.3) is 0 Å². The number of nitrogens with zero attached hydrogens (tertiary/aromatic N) is 6. The zero-order valence-corrected chi connectivity index (χ0v) is 17.2. The first-order valence-electron chi connectivity index (χ1n) is 10.1. The van der Waals surface area contributed by atoms with E-state index in [0.717, 1.165) is 43.6 Å². The molecule has 3 heterocycles. The summed E-state index contributed by atoms with van der Waals surface area (Å²) >= 11 is 0. The topological polar surface area (TPSA) is 70.1 Å². The Morgan fingerprint density at radius 2 is 1.59 bits per heavy atom. The maximum absolute atomic E-state index is 4.78. The van der Waals surface area contributed by atoms with Gasteiger partial charge in [-0.05, 0) is 36.1 Å². The highest BCUT2D eigenvalue weighted by atomic mass is 15.3. The molecular weight excluding hydrogens is 362 g/mol.